The minimum atomic E-state index is -0.326. The van der Waals surface area contributed by atoms with E-state index in [0.717, 1.165) is 12.8 Å². The number of nitrogens with one attached hydrogen (secondary N) is 3. The summed E-state index contributed by atoms with van der Waals surface area (Å²) in [5, 5.41) is 9.01. The van der Waals surface area contributed by atoms with E-state index in [1.165, 1.54) is 18.3 Å². The summed E-state index contributed by atoms with van der Waals surface area (Å²) in [5.74, 6) is 0.232. The van der Waals surface area contributed by atoms with Gasteiger partial charge in [-0.3, -0.25) is 4.79 Å². The summed E-state index contributed by atoms with van der Waals surface area (Å²) < 4.78 is 12.9. The number of halogens is 2. The lowest BCUT2D eigenvalue weighted by Crippen LogP contribution is -2.31. The van der Waals surface area contributed by atoms with E-state index in [9.17, 15) is 9.18 Å². The van der Waals surface area contributed by atoms with E-state index in [1.54, 1.807) is 12.1 Å². The van der Waals surface area contributed by atoms with Crippen LogP contribution in [0, 0.1) is 5.82 Å². The molecule has 1 aliphatic carbocycles. The normalized spacial score (nSPS) is 13.5. The zero-order valence-corrected chi connectivity index (χ0v) is 12.9. The fraction of sp³-hybridized carbons (Fsp3) is 0.267. The molecule has 1 aromatic heterocycles. The summed E-state index contributed by atoms with van der Waals surface area (Å²) in [5.41, 5.74) is 0.643. The van der Waals surface area contributed by atoms with E-state index in [-0.39, 0.29) is 24.2 Å². The van der Waals surface area contributed by atoms with Crippen LogP contribution in [0.15, 0.2) is 30.5 Å². The minimum absolute atomic E-state index is 0.0914. The van der Waals surface area contributed by atoms with Crippen LogP contribution in [0.5, 0.6) is 0 Å². The molecule has 1 saturated carbocycles. The second kappa shape index (κ2) is 6.78. The Labute approximate surface area is 137 Å². The monoisotopic (exact) mass is 335 g/mol. The summed E-state index contributed by atoms with van der Waals surface area (Å²) in [6, 6.07) is 6.12. The molecule has 1 aromatic carbocycles. The van der Waals surface area contributed by atoms with Gasteiger partial charge in [-0.05, 0) is 37.1 Å². The molecule has 8 heteroatoms. The molecule has 1 fully saturated rings. The number of hydrogen-bond acceptors (Lipinski definition) is 5. The lowest BCUT2D eigenvalue weighted by molar-refractivity contribution is -0.119. The summed E-state index contributed by atoms with van der Waals surface area (Å²) in [6.07, 6.45) is 3.51. The maximum Gasteiger partial charge on any atom is 0.239 e. The highest BCUT2D eigenvalue weighted by atomic mass is 35.5. The van der Waals surface area contributed by atoms with Gasteiger partial charge in [0.25, 0.3) is 0 Å². The first-order valence-corrected chi connectivity index (χ1v) is 7.56. The van der Waals surface area contributed by atoms with E-state index in [0.29, 0.717) is 22.6 Å². The number of amides is 1. The number of carbonyl (C=O) groups excluding carboxylic acids is 1. The van der Waals surface area contributed by atoms with E-state index in [1.807, 2.05) is 0 Å². The first-order valence-electron chi connectivity index (χ1n) is 7.18. The highest BCUT2D eigenvalue weighted by Gasteiger charge is 2.22. The van der Waals surface area contributed by atoms with Crippen molar-refractivity contribution >= 4 is 35.0 Å². The van der Waals surface area contributed by atoms with Gasteiger partial charge in [0.2, 0.25) is 11.9 Å². The molecule has 0 spiro atoms. The second-order valence-electron chi connectivity index (χ2n) is 5.22. The van der Waals surface area contributed by atoms with Gasteiger partial charge < -0.3 is 16.0 Å². The molecule has 3 rings (SSSR count). The van der Waals surface area contributed by atoms with Gasteiger partial charge >= 0.3 is 0 Å². The Morgan fingerprint density at radius 3 is 2.74 bits per heavy atom. The molecule has 3 N–H and O–H groups in total. The lowest BCUT2D eigenvalue weighted by Gasteiger charge is -2.10. The summed E-state index contributed by atoms with van der Waals surface area (Å²) in [6.45, 7) is 0.0914. The molecule has 1 amide bonds. The Kier molecular flexibility index (Phi) is 4.57. The Hall–Kier alpha value is -2.41. The number of hydrogen-bond donors (Lipinski definition) is 3. The standard InChI is InChI=1S/C15H15ClFN5O/c16-12-7-18-15(19-8-13(23)20-10-5-6-10)22-14(12)21-11-3-1-9(17)2-4-11/h1-4,7,10H,5-6,8H2,(H,20,23)(H2,18,19,21,22). The smallest absolute Gasteiger partial charge is 0.239 e. The van der Waals surface area contributed by atoms with Crippen molar-refractivity contribution in [2.75, 3.05) is 17.2 Å². The van der Waals surface area contributed by atoms with Crippen LogP contribution in [0.1, 0.15) is 12.8 Å². The molecular weight excluding hydrogens is 321 g/mol. The largest absolute Gasteiger partial charge is 0.352 e. The summed E-state index contributed by atoms with van der Waals surface area (Å²) in [7, 11) is 0. The number of benzene rings is 1. The number of aromatic nitrogens is 2. The number of nitrogens with zero attached hydrogens (tertiary/aromatic N) is 2. The minimum Gasteiger partial charge on any atom is -0.352 e. The van der Waals surface area contributed by atoms with Gasteiger partial charge in [-0.15, -0.1) is 0 Å². The molecule has 0 bridgehead atoms. The third-order valence-electron chi connectivity index (χ3n) is 3.20. The lowest BCUT2D eigenvalue weighted by atomic mass is 10.3. The third kappa shape index (κ3) is 4.53. The molecule has 120 valence electrons. The molecule has 0 radical (unpaired) electrons. The van der Waals surface area contributed by atoms with Gasteiger partial charge in [-0.25, -0.2) is 9.37 Å². The van der Waals surface area contributed by atoms with Crippen LogP contribution in [0.3, 0.4) is 0 Å². The first-order chi connectivity index (χ1) is 11.1. The molecule has 6 nitrogen and oxygen atoms in total. The van der Waals surface area contributed by atoms with Gasteiger partial charge in [0, 0.05) is 11.7 Å². The predicted molar refractivity (Wildman–Crippen MR) is 86.4 cm³/mol. The SMILES string of the molecule is O=C(CNc1ncc(Cl)c(Nc2ccc(F)cc2)n1)NC1CC1. The van der Waals surface area contributed by atoms with Crippen molar-refractivity contribution in [2.45, 2.75) is 18.9 Å². The van der Waals surface area contributed by atoms with Crippen LogP contribution < -0.4 is 16.0 Å². The quantitative estimate of drug-likeness (QED) is 0.756. The molecule has 23 heavy (non-hydrogen) atoms. The van der Waals surface area contributed by atoms with Crippen molar-refractivity contribution < 1.29 is 9.18 Å². The van der Waals surface area contributed by atoms with Crippen molar-refractivity contribution in [2.24, 2.45) is 0 Å². The van der Waals surface area contributed by atoms with E-state index >= 15 is 0 Å². The molecule has 0 unspecified atom stereocenters. The van der Waals surface area contributed by atoms with Gasteiger partial charge in [-0.2, -0.15) is 4.98 Å². The van der Waals surface area contributed by atoms with E-state index in [2.05, 4.69) is 25.9 Å². The maximum atomic E-state index is 12.9. The number of rotatable bonds is 6. The van der Waals surface area contributed by atoms with Gasteiger partial charge in [-0.1, -0.05) is 11.6 Å². The molecule has 0 atom stereocenters. The first kappa shape index (κ1) is 15.5. The molecule has 1 heterocycles. The van der Waals surface area contributed by atoms with Crippen LogP contribution in [0.2, 0.25) is 5.02 Å². The van der Waals surface area contributed by atoms with Gasteiger partial charge in [0.1, 0.15) is 10.8 Å². The van der Waals surface area contributed by atoms with Crippen LogP contribution >= 0.6 is 11.6 Å². The van der Waals surface area contributed by atoms with E-state index in [4.69, 9.17) is 11.6 Å². The van der Waals surface area contributed by atoms with Gasteiger partial charge in [0.05, 0.1) is 12.7 Å². The second-order valence-corrected chi connectivity index (χ2v) is 5.62. The van der Waals surface area contributed by atoms with Crippen LogP contribution in [0.25, 0.3) is 0 Å². The predicted octanol–water partition coefficient (Wildman–Crippen LogP) is 2.70. The zero-order valence-electron chi connectivity index (χ0n) is 12.1. The van der Waals surface area contributed by atoms with Gasteiger partial charge in [0.15, 0.2) is 5.82 Å². The van der Waals surface area contributed by atoms with Crippen molar-refractivity contribution in [1.29, 1.82) is 0 Å². The average molecular weight is 336 g/mol. The number of anilines is 3. The molecule has 0 aliphatic heterocycles. The van der Waals surface area contributed by atoms with Crippen LogP contribution in [0.4, 0.5) is 21.8 Å². The average Bonchev–Trinajstić information content (AvgIpc) is 3.34. The topological polar surface area (TPSA) is 78.9 Å². The fourth-order valence-electron chi connectivity index (χ4n) is 1.88. The molecular formula is C15H15ClFN5O. The van der Waals surface area contributed by atoms with E-state index < -0.39 is 0 Å². The van der Waals surface area contributed by atoms with Crippen molar-refractivity contribution in [1.82, 2.24) is 15.3 Å². The summed E-state index contributed by atoms with van der Waals surface area (Å²) in [4.78, 5) is 19.9. The molecule has 1 aliphatic rings. The Morgan fingerprint density at radius 2 is 2.04 bits per heavy atom. The fourth-order valence-corrected chi connectivity index (χ4v) is 2.01. The van der Waals surface area contributed by atoms with Crippen LogP contribution in [-0.4, -0.2) is 28.5 Å². The Morgan fingerprint density at radius 1 is 1.30 bits per heavy atom. The Bertz CT molecular complexity index is 706. The highest BCUT2D eigenvalue weighted by Crippen LogP contribution is 2.23. The molecule has 0 saturated heterocycles. The number of carbonyl (C=O) groups is 1. The zero-order chi connectivity index (χ0) is 16.2. The Balaban J connectivity index is 1.63. The molecule has 2 aromatic rings. The summed E-state index contributed by atoms with van der Waals surface area (Å²) >= 11 is 6.05. The van der Waals surface area contributed by atoms with Crippen molar-refractivity contribution in [3.05, 3.63) is 41.3 Å². The third-order valence-corrected chi connectivity index (χ3v) is 3.48. The maximum absolute atomic E-state index is 12.9. The van der Waals surface area contributed by atoms with Crippen LogP contribution in [-0.2, 0) is 4.79 Å². The highest BCUT2D eigenvalue weighted by molar-refractivity contribution is 6.32. The van der Waals surface area contributed by atoms with Crippen molar-refractivity contribution in [3.8, 4) is 0 Å². The van der Waals surface area contributed by atoms with Crippen molar-refractivity contribution in [3.63, 3.8) is 0 Å².